The minimum atomic E-state index is 0.217. The lowest BCUT2D eigenvalue weighted by molar-refractivity contribution is 0.517. The van der Waals surface area contributed by atoms with Crippen LogP contribution in [0, 0.1) is 6.92 Å². The van der Waals surface area contributed by atoms with Crippen LogP contribution in [0.3, 0.4) is 0 Å². The van der Waals surface area contributed by atoms with Crippen molar-refractivity contribution < 1.29 is 0 Å². The quantitative estimate of drug-likeness (QED) is 0.775. The van der Waals surface area contributed by atoms with E-state index in [1.165, 1.54) is 25.7 Å². The number of nitrogen functional groups attached to an aromatic ring is 2. The van der Waals surface area contributed by atoms with Gasteiger partial charge in [0.15, 0.2) is 17.0 Å². The summed E-state index contributed by atoms with van der Waals surface area (Å²) in [5.41, 5.74) is 12.9. The Morgan fingerprint density at radius 1 is 1.12 bits per heavy atom. The molecule has 0 spiro atoms. The van der Waals surface area contributed by atoms with Crippen LogP contribution in [0.5, 0.6) is 0 Å². The highest BCUT2D eigenvalue weighted by Crippen LogP contribution is 2.33. The zero-order valence-electron chi connectivity index (χ0n) is 9.85. The minimum Gasteiger partial charge on any atom is -0.382 e. The van der Waals surface area contributed by atoms with Crippen molar-refractivity contribution in [1.82, 2.24) is 19.5 Å². The second-order valence-corrected chi connectivity index (χ2v) is 4.61. The summed E-state index contributed by atoms with van der Waals surface area (Å²) in [5, 5.41) is 0. The van der Waals surface area contributed by atoms with Gasteiger partial charge in [0.25, 0.3) is 0 Å². The van der Waals surface area contributed by atoms with Gasteiger partial charge in [0.2, 0.25) is 5.95 Å². The maximum atomic E-state index is 5.83. The zero-order valence-corrected chi connectivity index (χ0v) is 9.85. The molecule has 6 nitrogen and oxygen atoms in total. The van der Waals surface area contributed by atoms with E-state index in [1.807, 2.05) is 6.92 Å². The molecule has 0 saturated heterocycles. The SMILES string of the molecule is Cc1nc2c(N)nc(N)nc2n1C1CCCC1. The van der Waals surface area contributed by atoms with Gasteiger partial charge in [-0.15, -0.1) is 0 Å². The molecule has 2 aromatic heterocycles. The van der Waals surface area contributed by atoms with E-state index >= 15 is 0 Å². The van der Waals surface area contributed by atoms with E-state index in [0.29, 0.717) is 17.4 Å². The second-order valence-electron chi connectivity index (χ2n) is 4.61. The Morgan fingerprint density at radius 3 is 2.53 bits per heavy atom. The number of aryl methyl sites for hydroxylation is 1. The lowest BCUT2D eigenvalue weighted by Gasteiger charge is -2.13. The Kier molecular flexibility index (Phi) is 2.17. The van der Waals surface area contributed by atoms with Crippen molar-refractivity contribution in [3.05, 3.63) is 5.82 Å². The molecule has 0 radical (unpaired) electrons. The Hall–Kier alpha value is -1.85. The average Bonchev–Trinajstić information content (AvgIpc) is 2.84. The summed E-state index contributed by atoms with van der Waals surface area (Å²) >= 11 is 0. The number of anilines is 2. The van der Waals surface area contributed by atoms with Crippen molar-refractivity contribution in [2.45, 2.75) is 38.6 Å². The van der Waals surface area contributed by atoms with Gasteiger partial charge in [-0.25, -0.2) is 4.98 Å². The Bertz CT molecular complexity index is 567. The molecule has 0 atom stereocenters. The fourth-order valence-corrected chi connectivity index (χ4v) is 2.72. The van der Waals surface area contributed by atoms with E-state index in [2.05, 4.69) is 19.5 Å². The van der Waals surface area contributed by atoms with E-state index in [4.69, 9.17) is 11.5 Å². The van der Waals surface area contributed by atoms with Crippen LogP contribution < -0.4 is 11.5 Å². The molecule has 17 heavy (non-hydrogen) atoms. The topological polar surface area (TPSA) is 95.6 Å². The molecule has 0 aromatic carbocycles. The van der Waals surface area contributed by atoms with Crippen LogP contribution in [0.1, 0.15) is 37.5 Å². The summed E-state index contributed by atoms with van der Waals surface area (Å²) < 4.78 is 2.16. The molecule has 3 rings (SSSR count). The van der Waals surface area contributed by atoms with Crippen LogP contribution in [0.2, 0.25) is 0 Å². The molecule has 0 aliphatic heterocycles. The van der Waals surface area contributed by atoms with E-state index < -0.39 is 0 Å². The first-order chi connectivity index (χ1) is 8.16. The lowest BCUT2D eigenvalue weighted by Crippen LogP contribution is -2.09. The molecular formula is C11H16N6. The maximum Gasteiger partial charge on any atom is 0.224 e. The van der Waals surface area contributed by atoms with E-state index in [1.54, 1.807) is 0 Å². The zero-order chi connectivity index (χ0) is 12.0. The Morgan fingerprint density at radius 2 is 1.82 bits per heavy atom. The van der Waals surface area contributed by atoms with Gasteiger partial charge in [0.1, 0.15) is 5.82 Å². The summed E-state index contributed by atoms with van der Waals surface area (Å²) in [5.74, 6) is 1.53. The number of aromatic nitrogens is 4. The van der Waals surface area contributed by atoms with Crippen LogP contribution in [0.15, 0.2) is 0 Å². The number of nitrogens with two attached hydrogens (primary N) is 2. The Labute approximate surface area is 99.1 Å². The molecule has 0 amide bonds. The van der Waals surface area contributed by atoms with Gasteiger partial charge in [-0.3, -0.25) is 0 Å². The lowest BCUT2D eigenvalue weighted by atomic mass is 10.2. The molecule has 2 aromatic rings. The Balaban J connectivity index is 2.25. The number of rotatable bonds is 1. The number of hydrogen-bond acceptors (Lipinski definition) is 5. The molecule has 2 heterocycles. The maximum absolute atomic E-state index is 5.83. The summed E-state index contributed by atoms with van der Waals surface area (Å²) in [6, 6.07) is 0.480. The van der Waals surface area contributed by atoms with Crippen molar-refractivity contribution in [3.63, 3.8) is 0 Å². The van der Waals surface area contributed by atoms with Crippen LogP contribution in [0.25, 0.3) is 11.2 Å². The molecule has 1 aliphatic rings. The smallest absolute Gasteiger partial charge is 0.224 e. The number of hydrogen-bond donors (Lipinski definition) is 2. The van der Waals surface area contributed by atoms with Gasteiger partial charge >= 0.3 is 0 Å². The number of imidazole rings is 1. The minimum absolute atomic E-state index is 0.217. The highest BCUT2D eigenvalue weighted by Gasteiger charge is 2.23. The van der Waals surface area contributed by atoms with Gasteiger partial charge in [0, 0.05) is 6.04 Å². The molecule has 1 fully saturated rings. The van der Waals surface area contributed by atoms with Gasteiger partial charge in [-0.1, -0.05) is 12.8 Å². The third kappa shape index (κ3) is 1.51. The predicted molar refractivity (Wildman–Crippen MR) is 66.4 cm³/mol. The predicted octanol–water partition coefficient (Wildman–Crippen LogP) is 1.41. The van der Waals surface area contributed by atoms with Crippen molar-refractivity contribution in [3.8, 4) is 0 Å². The van der Waals surface area contributed by atoms with Crippen LogP contribution in [0.4, 0.5) is 11.8 Å². The molecule has 4 N–H and O–H groups in total. The van der Waals surface area contributed by atoms with Crippen molar-refractivity contribution in [2.24, 2.45) is 0 Å². The summed E-state index contributed by atoms with van der Waals surface area (Å²) in [6.45, 7) is 1.98. The number of fused-ring (bicyclic) bond motifs is 1. The van der Waals surface area contributed by atoms with Crippen LogP contribution in [-0.4, -0.2) is 19.5 Å². The fourth-order valence-electron chi connectivity index (χ4n) is 2.72. The normalized spacial score (nSPS) is 17.0. The molecule has 90 valence electrons. The summed E-state index contributed by atoms with van der Waals surface area (Å²) in [7, 11) is 0. The largest absolute Gasteiger partial charge is 0.382 e. The molecular weight excluding hydrogens is 216 g/mol. The van der Waals surface area contributed by atoms with E-state index in [0.717, 1.165) is 11.5 Å². The average molecular weight is 232 g/mol. The molecule has 1 saturated carbocycles. The summed E-state index contributed by atoms with van der Waals surface area (Å²) in [4.78, 5) is 12.7. The standard InChI is InChI=1S/C11H16N6/c1-6-14-8-9(12)15-11(13)16-10(8)17(6)7-4-2-3-5-7/h7H,2-5H2,1H3,(H4,12,13,15,16). The van der Waals surface area contributed by atoms with Crippen LogP contribution >= 0.6 is 0 Å². The van der Waals surface area contributed by atoms with Gasteiger partial charge in [-0.05, 0) is 19.8 Å². The first-order valence-electron chi connectivity index (χ1n) is 5.94. The van der Waals surface area contributed by atoms with Crippen molar-refractivity contribution in [2.75, 3.05) is 11.5 Å². The van der Waals surface area contributed by atoms with E-state index in [-0.39, 0.29) is 5.95 Å². The van der Waals surface area contributed by atoms with Gasteiger partial charge < -0.3 is 16.0 Å². The first-order valence-corrected chi connectivity index (χ1v) is 5.94. The highest BCUT2D eigenvalue weighted by atomic mass is 15.2. The van der Waals surface area contributed by atoms with Crippen LogP contribution in [-0.2, 0) is 0 Å². The monoisotopic (exact) mass is 232 g/mol. The molecule has 1 aliphatic carbocycles. The fraction of sp³-hybridized carbons (Fsp3) is 0.545. The third-order valence-electron chi connectivity index (χ3n) is 3.45. The number of nitrogens with zero attached hydrogens (tertiary/aromatic N) is 4. The molecule has 0 unspecified atom stereocenters. The third-order valence-corrected chi connectivity index (χ3v) is 3.45. The van der Waals surface area contributed by atoms with Gasteiger partial charge in [0.05, 0.1) is 0 Å². The first kappa shape index (κ1) is 10.3. The van der Waals surface area contributed by atoms with E-state index in [9.17, 15) is 0 Å². The molecule has 0 bridgehead atoms. The van der Waals surface area contributed by atoms with Crippen molar-refractivity contribution in [1.29, 1.82) is 0 Å². The second kappa shape index (κ2) is 3.58. The van der Waals surface area contributed by atoms with Gasteiger partial charge in [-0.2, -0.15) is 9.97 Å². The molecule has 6 heteroatoms. The summed E-state index contributed by atoms with van der Waals surface area (Å²) in [6.07, 6.45) is 4.88. The van der Waals surface area contributed by atoms with Crippen molar-refractivity contribution >= 4 is 22.9 Å². The highest BCUT2D eigenvalue weighted by molar-refractivity contribution is 5.83.